The first kappa shape index (κ1) is 38.5. The molecule has 53 heavy (non-hydrogen) atoms. The Kier molecular flexibility index (Phi) is 13.6. The van der Waals surface area contributed by atoms with Crippen molar-refractivity contribution >= 4 is 23.7 Å². The minimum atomic E-state index is -0.366. The van der Waals surface area contributed by atoms with Gasteiger partial charge in [-0.1, -0.05) is 49.1 Å². The second kappa shape index (κ2) is 18.7. The third-order valence-corrected chi connectivity index (χ3v) is 8.95. The Labute approximate surface area is 312 Å². The van der Waals surface area contributed by atoms with Gasteiger partial charge in [-0.15, -0.1) is 0 Å². The molecule has 1 heterocycles. The van der Waals surface area contributed by atoms with Crippen LogP contribution in [0.15, 0.2) is 60.7 Å². The molecule has 0 fully saturated rings. The summed E-state index contributed by atoms with van der Waals surface area (Å²) in [6.07, 6.45) is 8.44. The van der Waals surface area contributed by atoms with Gasteiger partial charge < -0.3 is 48.5 Å². The minimum absolute atomic E-state index is 0.106. The van der Waals surface area contributed by atoms with Crippen molar-refractivity contribution in [3.05, 3.63) is 88.5 Å². The zero-order valence-corrected chi connectivity index (χ0v) is 31.6. The summed E-state index contributed by atoms with van der Waals surface area (Å²) < 4.78 is 45.6. The third-order valence-electron chi connectivity index (χ3n) is 8.95. The van der Waals surface area contributed by atoms with E-state index in [0.29, 0.717) is 64.8 Å². The van der Waals surface area contributed by atoms with E-state index in [9.17, 15) is 4.79 Å². The second-order valence-electron chi connectivity index (χ2n) is 12.5. The average Bonchev–Trinajstić information content (AvgIpc) is 3.18. The molecule has 1 aliphatic rings. The lowest BCUT2D eigenvalue weighted by Gasteiger charge is -2.28. The number of hydrogen-bond donors (Lipinski definition) is 2. The molecule has 0 bridgehead atoms. The first-order valence-electron chi connectivity index (χ1n) is 17.7. The van der Waals surface area contributed by atoms with Gasteiger partial charge in [0.05, 0.1) is 61.4 Å². The molecule has 5 rings (SSSR count). The maximum Gasteiger partial charge on any atom is 0.255 e. The summed E-state index contributed by atoms with van der Waals surface area (Å²) in [5.41, 5.74) is 5.13. The second-order valence-corrected chi connectivity index (χ2v) is 12.5. The van der Waals surface area contributed by atoms with Crippen molar-refractivity contribution in [2.75, 3.05) is 61.2 Å². The number of carbonyl (C=O) groups is 1. The summed E-state index contributed by atoms with van der Waals surface area (Å²) in [6.45, 7) is 3.08. The van der Waals surface area contributed by atoms with Gasteiger partial charge in [0.25, 0.3) is 5.91 Å². The van der Waals surface area contributed by atoms with Crippen LogP contribution in [0.2, 0.25) is 0 Å². The molecule has 1 amide bonds. The molecule has 2 N–H and O–H groups in total. The maximum absolute atomic E-state index is 12.7. The Hall–Kier alpha value is -5.71. The summed E-state index contributed by atoms with van der Waals surface area (Å²) in [5, 5.41) is 6.43. The van der Waals surface area contributed by atoms with Gasteiger partial charge in [-0.05, 0) is 85.0 Å². The maximum atomic E-state index is 12.7. The molecular formula is C42H50N2O9. The zero-order valence-electron chi connectivity index (χ0n) is 31.6. The van der Waals surface area contributed by atoms with Crippen LogP contribution in [0, 0.1) is 6.92 Å². The van der Waals surface area contributed by atoms with E-state index in [2.05, 4.69) is 10.6 Å². The summed E-state index contributed by atoms with van der Waals surface area (Å²) in [6, 6.07) is 19.1. The van der Waals surface area contributed by atoms with Gasteiger partial charge in [0.2, 0.25) is 11.5 Å². The van der Waals surface area contributed by atoms with Gasteiger partial charge in [0, 0.05) is 5.69 Å². The zero-order chi connectivity index (χ0) is 37.7. The molecule has 0 saturated heterocycles. The van der Waals surface area contributed by atoms with E-state index in [1.54, 1.807) is 42.7 Å². The van der Waals surface area contributed by atoms with E-state index in [0.717, 1.165) is 60.0 Å². The molecule has 0 aromatic heterocycles. The molecule has 11 nitrogen and oxygen atoms in total. The highest BCUT2D eigenvalue weighted by atomic mass is 16.5. The number of hydrogen-bond acceptors (Lipinski definition) is 10. The molecule has 0 aliphatic carbocycles. The molecule has 0 spiro atoms. The quantitative estimate of drug-likeness (QED) is 0.0720. The minimum Gasteiger partial charge on any atom is -0.493 e. The van der Waals surface area contributed by atoms with Crippen molar-refractivity contribution in [3.63, 3.8) is 0 Å². The van der Waals surface area contributed by atoms with Crippen LogP contribution in [0.1, 0.15) is 70.9 Å². The fraction of sp³-hybridized carbons (Fsp3) is 0.357. The number of rotatable bonds is 19. The van der Waals surface area contributed by atoms with Gasteiger partial charge in [-0.3, -0.25) is 4.79 Å². The van der Waals surface area contributed by atoms with Crippen LogP contribution in [0.5, 0.6) is 46.0 Å². The van der Waals surface area contributed by atoms with Crippen LogP contribution >= 0.6 is 0 Å². The Morgan fingerprint density at radius 1 is 0.547 bits per heavy atom. The number of benzene rings is 4. The van der Waals surface area contributed by atoms with E-state index in [-0.39, 0.29) is 12.1 Å². The van der Waals surface area contributed by atoms with E-state index in [1.165, 1.54) is 0 Å². The fourth-order valence-electron chi connectivity index (χ4n) is 6.14. The molecule has 1 unspecified atom stereocenters. The van der Waals surface area contributed by atoms with E-state index >= 15 is 0 Å². The topological polar surface area (TPSA) is 115 Å². The summed E-state index contributed by atoms with van der Waals surface area (Å²) in [5.74, 6) is 4.65. The first-order valence-corrected chi connectivity index (χ1v) is 17.7. The number of carbonyl (C=O) groups excluding carboxylic acids is 1. The fourth-order valence-corrected chi connectivity index (χ4v) is 6.14. The molecule has 282 valence electrons. The number of fused-ring (bicyclic) bond motifs is 1. The number of nitrogens with one attached hydrogen (secondary N) is 2. The smallest absolute Gasteiger partial charge is 0.255 e. The van der Waals surface area contributed by atoms with Crippen molar-refractivity contribution in [1.82, 2.24) is 5.32 Å². The first-order chi connectivity index (χ1) is 25.8. The Morgan fingerprint density at radius 3 is 1.66 bits per heavy atom. The lowest BCUT2D eigenvalue weighted by molar-refractivity contribution is 0.0935. The van der Waals surface area contributed by atoms with Crippen LogP contribution < -0.4 is 48.5 Å². The predicted molar refractivity (Wildman–Crippen MR) is 207 cm³/mol. The van der Waals surface area contributed by atoms with E-state index in [4.69, 9.17) is 37.9 Å². The lowest BCUT2D eigenvalue weighted by Crippen LogP contribution is -2.38. The number of ether oxygens (including phenoxy) is 8. The summed E-state index contributed by atoms with van der Waals surface area (Å²) in [4.78, 5) is 12.7. The van der Waals surface area contributed by atoms with Gasteiger partial charge in [0.15, 0.2) is 34.5 Å². The molecular weight excluding hydrogens is 676 g/mol. The molecule has 0 radical (unpaired) electrons. The average molecular weight is 727 g/mol. The van der Waals surface area contributed by atoms with Crippen LogP contribution in [-0.4, -0.2) is 61.8 Å². The molecule has 1 atom stereocenters. The number of unbranched alkanes of at least 4 members (excludes halogenated alkanes) is 4. The Balaban J connectivity index is 1.06. The Morgan fingerprint density at radius 2 is 1.09 bits per heavy atom. The van der Waals surface area contributed by atoms with Crippen LogP contribution in [0.25, 0.3) is 12.2 Å². The predicted octanol–water partition coefficient (Wildman–Crippen LogP) is 8.48. The lowest BCUT2D eigenvalue weighted by atomic mass is 10.0. The van der Waals surface area contributed by atoms with Gasteiger partial charge in [-0.2, -0.15) is 0 Å². The molecule has 0 saturated carbocycles. The van der Waals surface area contributed by atoms with Crippen LogP contribution in [0.3, 0.4) is 0 Å². The van der Waals surface area contributed by atoms with Gasteiger partial charge in [-0.25, -0.2) is 0 Å². The Bertz CT molecular complexity index is 1840. The van der Waals surface area contributed by atoms with Gasteiger partial charge in [0.1, 0.15) is 6.17 Å². The number of methoxy groups -OCH3 is 6. The SMILES string of the molecule is COc1cc(C2NC(=O)c3cc(C)ccc3N2)ccc1OCCCCCCCOc1c(OC)cc(/C=C/c2cc(OC)c(OC)c(OC)c2)cc1OC. The van der Waals surface area contributed by atoms with Crippen LogP contribution in [-0.2, 0) is 0 Å². The van der Waals surface area contributed by atoms with Crippen molar-refractivity contribution in [1.29, 1.82) is 0 Å². The number of anilines is 1. The number of amides is 1. The van der Waals surface area contributed by atoms with Crippen LogP contribution in [0.4, 0.5) is 5.69 Å². The number of aryl methyl sites for hydroxylation is 1. The van der Waals surface area contributed by atoms with Crippen molar-refractivity contribution in [2.24, 2.45) is 0 Å². The highest BCUT2D eigenvalue weighted by molar-refractivity contribution is 6.02. The molecule has 4 aromatic carbocycles. The normalized spacial score (nSPS) is 13.4. The standard InChI is InChI=1S/C42H50N2O9/c1-27-13-17-32-31(21-27)42(45)44-41(43-32)30-16-18-33(34(26-30)46-2)52-19-11-9-8-10-12-20-53-40-37(49-5)24-29(25-38(40)50-6)15-14-28-22-35(47-3)39(51-7)36(23-28)48-4/h13-18,21-26,41,43H,8-12,19-20H2,1-7H3,(H,44,45)/b15-14+. The highest BCUT2D eigenvalue weighted by Crippen LogP contribution is 2.41. The molecule has 11 heteroatoms. The largest absolute Gasteiger partial charge is 0.493 e. The third kappa shape index (κ3) is 9.59. The summed E-state index contributed by atoms with van der Waals surface area (Å²) >= 11 is 0. The molecule has 4 aromatic rings. The van der Waals surface area contributed by atoms with E-state index in [1.807, 2.05) is 79.7 Å². The highest BCUT2D eigenvalue weighted by Gasteiger charge is 2.25. The summed E-state index contributed by atoms with van der Waals surface area (Å²) in [7, 11) is 9.62. The molecule has 1 aliphatic heterocycles. The van der Waals surface area contributed by atoms with Crippen molar-refractivity contribution in [3.8, 4) is 46.0 Å². The van der Waals surface area contributed by atoms with Crippen molar-refractivity contribution in [2.45, 2.75) is 45.2 Å². The monoisotopic (exact) mass is 726 g/mol. The van der Waals surface area contributed by atoms with Gasteiger partial charge >= 0.3 is 0 Å². The van der Waals surface area contributed by atoms with Crippen molar-refractivity contribution < 1.29 is 42.7 Å². The van der Waals surface area contributed by atoms with E-state index < -0.39 is 0 Å².